The van der Waals surface area contributed by atoms with Crippen LogP contribution in [0, 0.1) is 0 Å². The molecule has 1 atom stereocenters. The number of amides is 1. The lowest BCUT2D eigenvalue weighted by Crippen LogP contribution is -2.34. The predicted octanol–water partition coefficient (Wildman–Crippen LogP) is 3.47. The maximum Gasteiger partial charge on any atom is 0.251 e. The monoisotopic (exact) mass is 350 g/mol. The number of rotatable bonds is 5. The fraction of sp³-hybridized carbons (Fsp3) is 0.409. The molecule has 26 heavy (non-hydrogen) atoms. The van der Waals surface area contributed by atoms with Crippen LogP contribution in [0.3, 0.4) is 0 Å². The number of carbonyl (C=O) groups excluding carboxylic acids is 1. The van der Waals surface area contributed by atoms with Crippen molar-refractivity contribution < 1.29 is 9.53 Å². The zero-order valence-corrected chi connectivity index (χ0v) is 15.1. The Balaban J connectivity index is 1.38. The highest BCUT2D eigenvalue weighted by molar-refractivity contribution is 5.94. The van der Waals surface area contributed by atoms with Crippen LogP contribution in [0.2, 0.25) is 0 Å². The maximum atomic E-state index is 12.3. The van der Waals surface area contributed by atoms with E-state index in [9.17, 15) is 4.79 Å². The molecule has 2 aromatic carbocycles. The Bertz CT molecular complexity index is 728. The van der Waals surface area contributed by atoms with Crippen molar-refractivity contribution in [2.45, 2.75) is 31.8 Å². The first kappa shape index (κ1) is 17.3. The maximum absolute atomic E-state index is 12.3. The molecule has 0 spiro atoms. The largest absolute Gasteiger partial charge is 0.379 e. The minimum atomic E-state index is -0.0204. The topological polar surface area (TPSA) is 41.6 Å². The van der Waals surface area contributed by atoms with Crippen molar-refractivity contribution >= 4 is 5.91 Å². The number of ether oxygens (including phenoxy) is 1. The SMILES string of the molecule is O=C(NC1CCOC1)c1ccc(-c2ccc(CN3CCCC3)cc2)cc1. The average molecular weight is 350 g/mol. The normalized spacial score (nSPS) is 20.4. The lowest BCUT2D eigenvalue weighted by atomic mass is 10.0. The number of hydrogen-bond acceptors (Lipinski definition) is 3. The first-order valence-electron chi connectivity index (χ1n) is 9.58. The van der Waals surface area contributed by atoms with E-state index < -0.39 is 0 Å². The second-order valence-corrected chi connectivity index (χ2v) is 7.29. The van der Waals surface area contributed by atoms with E-state index in [1.807, 2.05) is 24.3 Å². The van der Waals surface area contributed by atoms with Crippen LogP contribution < -0.4 is 5.32 Å². The second kappa shape index (κ2) is 8.02. The fourth-order valence-corrected chi connectivity index (χ4v) is 3.73. The van der Waals surface area contributed by atoms with Crippen molar-refractivity contribution in [3.05, 3.63) is 59.7 Å². The highest BCUT2D eigenvalue weighted by atomic mass is 16.5. The van der Waals surface area contributed by atoms with Crippen LogP contribution in [-0.2, 0) is 11.3 Å². The van der Waals surface area contributed by atoms with Crippen molar-refractivity contribution in [1.29, 1.82) is 0 Å². The van der Waals surface area contributed by atoms with Gasteiger partial charge in [0.25, 0.3) is 5.91 Å². The molecule has 2 fully saturated rings. The molecular weight excluding hydrogens is 324 g/mol. The third-order valence-electron chi connectivity index (χ3n) is 5.30. The van der Waals surface area contributed by atoms with Gasteiger partial charge in [0.2, 0.25) is 0 Å². The summed E-state index contributed by atoms with van der Waals surface area (Å²) in [7, 11) is 0. The minimum Gasteiger partial charge on any atom is -0.379 e. The summed E-state index contributed by atoms with van der Waals surface area (Å²) in [6, 6.07) is 16.8. The van der Waals surface area contributed by atoms with Gasteiger partial charge in [-0.2, -0.15) is 0 Å². The molecule has 2 saturated heterocycles. The van der Waals surface area contributed by atoms with E-state index in [-0.39, 0.29) is 11.9 Å². The average Bonchev–Trinajstić information content (AvgIpc) is 3.37. The molecule has 0 bridgehead atoms. The molecule has 4 heteroatoms. The third-order valence-corrected chi connectivity index (χ3v) is 5.30. The Labute approximate surface area is 155 Å². The van der Waals surface area contributed by atoms with Crippen molar-refractivity contribution in [2.24, 2.45) is 0 Å². The van der Waals surface area contributed by atoms with E-state index in [2.05, 4.69) is 34.5 Å². The molecule has 0 saturated carbocycles. The lowest BCUT2D eigenvalue weighted by molar-refractivity contribution is 0.0930. The summed E-state index contributed by atoms with van der Waals surface area (Å²) in [5.41, 5.74) is 4.39. The zero-order valence-electron chi connectivity index (χ0n) is 15.1. The Hall–Kier alpha value is -2.17. The van der Waals surface area contributed by atoms with Crippen molar-refractivity contribution in [2.75, 3.05) is 26.3 Å². The molecule has 0 radical (unpaired) electrons. The van der Waals surface area contributed by atoms with Crippen LogP contribution in [-0.4, -0.2) is 43.2 Å². The summed E-state index contributed by atoms with van der Waals surface area (Å²) in [6.07, 6.45) is 3.55. The molecule has 2 aromatic rings. The van der Waals surface area contributed by atoms with E-state index in [0.29, 0.717) is 12.2 Å². The van der Waals surface area contributed by atoms with Gasteiger partial charge in [0, 0.05) is 18.7 Å². The molecule has 2 aliphatic heterocycles. The molecular formula is C22H26N2O2. The first-order chi connectivity index (χ1) is 12.8. The van der Waals surface area contributed by atoms with Crippen LogP contribution in [0.25, 0.3) is 11.1 Å². The zero-order chi connectivity index (χ0) is 17.8. The van der Waals surface area contributed by atoms with E-state index in [1.165, 1.54) is 37.1 Å². The summed E-state index contributed by atoms with van der Waals surface area (Å²) in [4.78, 5) is 14.8. The molecule has 2 aliphatic rings. The van der Waals surface area contributed by atoms with E-state index >= 15 is 0 Å². The Morgan fingerprint density at radius 2 is 1.65 bits per heavy atom. The van der Waals surface area contributed by atoms with E-state index in [4.69, 9.17) is 4.74 Å². The summed E-state index contributed by atoms with van der Waals surface area (Å²) < 4.78 is 5.30. The Morgan fingerprint density at radius 1 is 1.00 bits per heavy atom. The van der Waals surface area contributed by atoms with Gasteiger partial charge in [0.15, 0.2) is 0 Å². The van der Waals surface area contributed by atoms with Gasteiger partial charge < -0.3 is 10.1 Å². The molecule has 0 aromatic heterocycles. The van der Waals surface area contributed by atoms with Gasteiger partial charge in [-0.05, 0) is 61.2 Å². The Kier molecular flexibility index (Phi) is 5.32. The summed E-state index contributed by atoms with van der Waals surface area (Å²) in [5.74, 6) is -0.0204. The highest BCUT2D eigenvalue weighted by Crippen LogP contribution is 2.22. The van der Waals surface area contributed by atoms with Gasteiger partial charge in [-0.25, -0.2) is 0 Å². The third kappa shape index (κ3) is 4.14. The smallest absolute Gasteiger partial charge is 0.251 e. The molecule has 136 valence electrons. The van der Waals surface area contributed by atoms with Crippen LogP contribution in [0.4, 0.5) is 0 Å². The summed E-state index contributed by atoms with van der Waals surface area (Å²) in [6.45, 7) is 4.84. The molecule has 4 nitrogen and oxygen atoms in total. The van der Waals surface area contributed by atoms with Gasteiger partial charge in [0.05, 0.1) is 12.6 Å². The predicted molar refractivity (Wildman–Crippen MR) is 103 cm³/mol. The van der Waals surface area contributed by atoms with Gasteiger partial charge in [-0.1, -0.05) is 36.4 Å². The van der Waals surface area contributed by atoms with Gasteiger partial charge in [-0.15, -0.1) is 0 Å². The number of hydrogen-bond donors (Lipinski definition) is 1. The number of carbonyl (C=O) groups is 1. The van der Waals surface area contributed by atoms with Gasteiger partial charge >= 0.3 is 0 Å². The quantitative estimate of drug-likeness (QED) is 0.898. The van der Waals surface area contributed by atoms with Crippen LogP contribution in [0.5, 0.6) is 0 Å². The number of likely N-dealkylation sites (tertiary alicyclic amines) is 1. The molecule has 1 amide bonds. The molecule has 2 heterocycles. The molecule has 0 aliphatic carbocycles. The second-order valence-electron chi connectivity index (χ2n) is 7.29. The summed E-state index contributed by atoms with van der Waals surface area (Å²) in [5, 5.41) is 3.03. The van der Waals surface area contributed by atoms with Crippen molar-refractivity contribution in [3.63, 3.8) is 0 Å². The Morgan fingerprint density at radius 3 is 2.27 bits per heavy atom. The highest BCUT2D eigenvalue weighted by Gasteiger charge is 2.18. The molecule has 1 unspecified atom stereocenters. The lowest BCUT2D eigenvalue weighted by Gasteiger charge is -2.14. The van der Waals surface area contributed by atoms with Crippen LogP contribution in [0.1, 0.15) is 35.2 Å². The van der Waals surface area contributed by atoms with Gasteiger partial charge in [-0.3, -0.25) is 9.69 Å². The van der Waals surface area contributed by atoms with Crippen LogP contribution in [0.15, 0.2) is 48.5 Å². The molecule has 4 rings (SSSR count). The number of benzene rings is 2. The van der Waals surface area contributed by atoms with E-state index in [0.717, 1.165) is 25.1 Å². The molecule has 1 N–H and O–H groups in total. The van der Waals surface area contributed by atoms with Crippen molar-refractivity contribution in [3.8, 4) is 11.1 Å². The van der Waals surface area contributed by atoms with E-state index in [1.54, 1.807) is 0 Å². The van der Waals surface area contributed by atoms with Crippen molar-refractivity contribution in [1.82, 2.24) is 10.2 Å². The fourth-order valence-electron chi connectivity index (χ4n) is 3.73. The first-order valence-corrected chi connectivity index (χ1v) is 9.58. The standard InChI is InChI=1S/C22H26N2O2/c25-22(23-21-11-14-26-16-21)20-9-7-19(8-10-20)18-5-3-17(4-6-18)15-24-12-1-2-13-24/h3-10,21H,1-2,11-16H2,(H,23,25). The van der Waals surface area contributed by atoms with Gasteiger partial charge in [0.1, 0.15) is 0 Å². The van der Waals surface area contributed by atoms with Crippen LogP contribution >= 0.6 is 0 Å². The number of nitrogens with one attached hydrogen (secondary N) is 1. The number of nitrogens with zero attached hydrogens (tertiary/aromatic N) is 1. The summed E-state index contributed by atoms with van der Waals surface area (Å²) >= 11 is 0. The minimum absolute atomic E-state index is 0.0204.